The number of carbonyl (C=O) groups excluding carboxylic acids is 1. The van der Waals surface area contributed by atoms with Crippen molar-refractivity contribution in [3.05, 3.63) is 23.0 Å². The maximum absolute atomic E-state index is 12.5. The molecule has 0 saturated heterocycles. The molecule has 7 heteroatoms. The molecule has 1 aromatic rings. The van der Waals surface area contributed by atoms with Gasteiger partial charge in [0.05, 0.1) is 0 Å². The molecule has 1 amide bonds. The Labute approximate surface area is 94.6 Å². The molecular formula is C10H9F3N2O2. The van der Waals surface area contributed by atoms with Crippen LogP contribution in [0.2, 0.25) is 0 Å². The van der Waals surface area contributed by atoms with Gasteiger partial charge in [0.25, 0.3) is 0 Å². The van der Waals surface area contributed by atoms with Gasteiger partial charge in [-0.25, -0.2) is 9.78 Å². The quantitative estimate of drug-likeness (QED) is 0.824. The SMILES string of the molecule is NC(=O)Oc1cc(C(F)(F)F)nc2c1CCC2. The second-order valence-electron chi connectivity index (χ2n) is 3.70. The second kappa shape index (κ2) is 3.90. The molecule has 1 heterocycles. The zero-order valence-electron chi connectivity index (χ0n) is 8.67. The molecule has 1 aliphatic rings. The summed E-state index contributed by atoms with van der Waals surface area (Å²) in [7, 11) is 0. The van der Waals surface area contributed by atoms with E-state index >= 15 is 0 Å². The first-order valence-electron chi connectivity index (χ1n) is 4.95. The first kappa shape index (κ1) is 11.7. The Kier molecular flexibility index (Phi) is 2.68. The zero-order valence-corrected chi connectivity index (χ0v) is 8.67. The van der Waals surface area contributed by atoms with Crippen molar-refractivity contribution in [2.45, 2.75) is 25.4 Å². The molecule has 1 aromatic heterocycles. The van der Waals surface area contributed by atoms with Gasteiger partial charge in [-0.2, -0.15) is 13.2 Å². The van der Waals surface area contributed by atoms with Gasteiger partial charge in [-0.05, 0) is 19.3 Å². The lowest BCUT2D eigenvalue weighted by atomic mass is 10.2. The van der Waals surface area contributed by atoms with Crippen LogP contribution in [0.15, 0.2) is 6.07 Å². The van der Waals surface area contributed by atoms with Gasteiger partial charge < -0.3 is 10.5 Å². The fourth-order valence-electron chi connectivity index (χ4n) is 1.85. The van der Waals surface area contributed by atoms with Crippen LogP contribution in [0, 0.1) is 0 Å². The fraction of sp³-hybridized carbons (Fsp3) is 0.400. The van der Waals surface area contributed by atoms with Crippen molar-refractivity contribution < 1.29 is 22.7 Å². The van der Waals surface area contributed by atoms with E-state index in [2.05, 4.69) is 9.72 Å². The average Bonchev–Trinajstić information content (AvgIpc) is 2.62. The van der Waals surface area contributed by atoms with Crippen LogP contribution < -0.4 is 10.5 Å². The van der Waals surface area contributed by atoms with Gasteiger partial charge in [-0.15, -0.1) is 0 Å². The Balaban J connectivity index is 2.49. The number of halogens is 3. The van der Waals surface area contributed by atoms with E-state index in [-0.39, 0.29) is 5.75 Å². The number of nitrogens with zero attached hydrogens (tertiary/aromatic N) is 1. The average molecular weight is 246 g/mol. The van der Waals surface area contributed by atoms with Crippen LogP contribution in [0.4, 0.5) is 18.0 Å². The number of primary amides is 1. The summed E-state index contributed by atoms with van der Waals surface area (Å²) in [4.78, 5) is 14.2. The molecular weight excluding hydrogens is 237 g/mol. The lowest BCUT2D eigenvalue weighted by Crippen LogP contribution is -2.18. The van der Waals surface area contributed by atoms with E-state index in [1.165, 1.54) is 0 Å². The van der Waals surface area contributed by atoms with Crippen molar-refractivity contribution in [3.63, 3.8) is 0 Å². The van der Waals surface area contributed by atoms with E-state index in [9.17, 15) is 18.0 Å². The number of fused-ring (bicyclic) bond motifs is 1. The number of aromatic nitrogens is 1. The molecule has 0 aromatic carbocycles. The summed E-state index contributed by atoms with van der Waals surface area (Å²) < 4.78 is 42.2. The van der Waals surface area contributed by atoms with E-state index in [0.717, 1.165) is 6.07 Å². The first-order valence-corrected chi connectivity index (χ1v) is 4.95. The third kappa shape index (κ3) is 2.32. The number of aryl methyl sites for hydroxylation is 1. The molecule has 1 aliphatic carbocycles. The van der Waals surface area contributed by atoms with E-state index < -0.39 is 18.0 Å². The van der Waals surface area contributed by atoms with Crippen LogP contribution >= 0.6 is 0 Å². The Hall–Kier alpha value is -1.79. The molecule has 0 bridgehead atoms. The smallest absolute Gasteiger partial charge is 0.410 e. The maximum Gasteiger partial charge on any atom is 0.433 e. The topological polar surface area (TPSA) is 65.2 Å². The largest absolute Gasteiger partial charge is 0.433 e. The fourth-order valence-corrected chi connectivity index (χ4v) is 1.85. The third-order valence-corrected chi connectivity index (χ3v) is 2.51. The van der Waals surface area contributed by atoms with Crippen LogP contribution in [0.1, 0.15) is 23.4 Å². The molecule has 0 unspecified atom stereocenters. The monoisotopic (exact) mass is 246 g/mol. The highest BCUT2D eigenvalue weighted by Gasteiger charge is 2.35. The van der Waals surface area contributed by atoms with Crippen LogP contribution in [0.25, 0.3) is 0 Å². The minimum atomic E-state index is -4.56. The molecule has 0 saturated carbocycles. The summed E-state index contributed by atoms with van der Waals surface area (Å²) in [6.07, 6.45) is -4.00. The molecule has 92 valence electrons. The van der Waals surface area contributed by atoms with Crippen molar-refractivity contribution in [1.82, 2.24) is 4.98 Å². The molecule has 0 aliphatic heterocycles. The van der Waals surface area contributed by atoms with Gasteiger partial charge in [0, 0.05) is 17.3 Å². The summed E-state index contributed by atoms with van der Waals surface area (Å²) in [6, 6.07) is 0.717. The summed E-state index contributed by atoms with van der Waals surface area (Å²) in [5.41, 5.74) is 4.62. The normalized spacial score (nSPS) is 14.5. The van der Waals surface area contributed by atoms with Crippen molar-refractivity contribution in [2.24, 2.45) is 5.73 Å². The van der Waals surface area contributed by atoms with Crippen LogP contribution in [-0.2, 0) is 19.0 Å². The number of alkyl halides is 3. The number of hydrogen-bond donors (Lipinski definition) is 1. The number of hydrogen-bond acceptors (Lipinski definition) is 3. The third-order valence-electron chi connectivity index (χ3n) is 2.51. The Morgan fingerprint density at radius 3 is 2.71 bits per heavy atom. The van der Waals surface area contributed by atoms with Crippen LogP contribution in [0.3, 0.4) is 0 Å². The van der Waals surface area contributed by atoms with E-state index in [4.69, 9.17) is 5.73 Å². The van der Waals surface area contributed by atoms with Gasteiger partial charge in [-0.3, -0.25) is 0 Å². The highest BCUT2D eigenvalue weighted by molar-refractivity contribution is 5.69. The summed E-state index contributed by atoms with van der Waals surface area (Å²) >= 11 is 0. The number of nitrogens with two attached hydrogens (primary N) is 1. The first-order chi connectivity index (χ1) is 7.88. The number of ether oxygens (including phenoxy) is 1. The van der Waals surface area contributed by atoms with Crippen LogP contribution in [0.5, 0.6) is 5.75 Å². The Morgan fingerprint density at radius 2 is 2.12 bits per heavy atom. The molecule has 0 radical (unpaired) electrons. The number of carbonyl (C=O) groups is 1. The van der Waals surface area contributed by atoms with E-state index in [0.29, 0.717) is 30.5 Å². The molecule has 2 rings (SSSR count). The van der Waals surface area contributed by atoms with Gasteiger partial charge in [0.1, 0.15) is 11.4 Å². The van der Waals surface area contributed by atoms with Crippen molar-refractivity contribution in [3.8, 4) is 5.75 Å². The van der Waals surface area contributed by atoms with Crippen LogP contribution in [-0.4, -0.2) is 11.1 Å². The predicted molar refractivity (Wildman–Crippen MR) is 51.5 cm³/mol. The number of rotatable bonds is 1. The minimum absolute atomic E-state index is 0.132. The summed E-state index contributed by atoms with van der Waals surface area (Å²) in [5.74, 6) is -0.132. The van der Waals surface area contributed by atoms with Crippen molar-refractivity contribution >= 4 is 6.09 Å². The molecule has 2 N–H and O–H groups in total. The Morgan fingerprint density at radius 1 is 1.41 bits per heavy atom. The highest BCUT2D eigenvalue weighted by atomic mass is 19.4. The highest BCUT2D eigenvalue weighted by Crippen LogP contribution is 2.36. The molecule has 0 spiro atoms. The second-order valence-corrected chi connectivity index (χ2v) is 3.70. The van der Waals surface area contributed by atoms with E-state index in [1.807, 2.05) is 0 Å². The van der Waals surface area contributed by atoms with Crippen molar-refractivity contribution in [1.29, 1.82) is 0 Å². The Bertz CT molecular complexity index is 471. The van der Waals surface area contributed by atoms with Gasteiger partial charge in [0.2, 0.25) is 0 Å². The minimum Gasteiger partial charge on any atom is -0.410 e. The standard InChI is InChI=1S/C10H9F3N2O2/c11-10(12,13)8-4-7(17-9(14)16)5-2-1-3-6(5)15-8/h4H,1-3H2,(H2,14,16). The predicted octanol–water partition coefficient (Wildman–Crippen LogP) is 2.05. The molecule has 0 fully saturated rings. The molecule has 4 nitrogen and oxygen atoms in total. The van der Waals surface area contributed by atoms with Gasteiger partial charge in [0.15, 0.2) is 0 Å². The number of amides is 1. The number of pyridine rings is 1. The van der Waals surface area contributed by atoms with Crippen molar-refractivity contribution in [2.75, 3.05) is 0 Å². The van der Waals surface area contributed by atoms with Gasteiger partial charge in [-0.1, -0.05) is 0 Å². The summed E-state index contributed by atoms with van der Waals surface area (Å²) in [6.45, 7) is 0. The maximum atomic E-state index is 12.5. The molecule has 0 atom stereocenters. The zero-order chi connectivity index (χ0) is 12.6. The summed E-state index contributed by atoms with van der Waals surface area (Å²) in [5, 5.41) is 0. The lowest BCUT2D eigenvalue weighted by Gasteiger charge is -2.11. The van der Waals surface area contributed by atoms with E-state index in [1.54, 1.807) is 0 Å². The lowest BCUT2D eigenvalue weighted by molar-refractivity contribution is -0.141. The molecule has 17 heavy (non-hydrogen) atoms. The van der Waals surface area contributed by atoms with Gasteiger partial charge >= 0.3 is 12.3 Å².